The molecule has 1 rings (SSSR count). The molecule has 0 radical (unpaired) electrons. The zero-order valence-corrected chi connectivity index (χ0v) is 13.7. The third kappa shape index (κ3) is 3.95. The van der Waals surface area contributed by atoms with Crippen molar-refractivity contribution in [2.24, 2.45) is 0 Å². The van der Waals surface area contributed by atoms with E-state index < -0.39 is 17.5 Å². The van der Waals surface area contributed by atoms with E-state index >= 15 is 0 Å². The van der Waals surface area contributed by atoms with Crippen LogP contribution in [0.4, 0.5) is 0 Å². The van der Waals surface area contributed by atoms with Crippen LogP contribution in [0, 0.1) is 0 Å². The van der Waals surface area contributed by atoms with Gasteiger partial charge in [-0.1, -0.05) is 38.3 Å². The van der Waals surface area contributed by atoms with Crippen LogP contribution in [0.3, 0.4) is 0 Å². The zero-order chi connectivity index (χ0) is 16.0. The highest BCUT2D eigenvalue weighted by Crippen LogP contribution is 2.43. The van der Waals surface area contributed by atoms with E-state index in [-0.39, 0.29) is 10.6 Å². The SMILES string of the molecule is CCCCc1c(Cl)c(O)c(O)c(C(=O)OCl)c1CCCC. The second-order valence-electron chi connectivity index (χ2n) is 4.92. The molecule has 0 spiro atoms. The Morgan fingerprint density at radius 2 is 1.57 bits per heavy atom. The Hall–Kier alpha value is -1.13. The summed E-state index contributed by atoms with van der Waals surface area (Å²) >= 11 is 11.3. The predicted octanol–water partition coefficient (Wildman–Crippen LogP) is 4.75. The molecule has 0 saturated heterocycles. The maximum Gasteiger partial charge on any atom is 0.360 e. The third-order valence-corrected chi connectivity index (χ3v) is 3.98. The highest BCUT2D eigenvalue weighted by Gasteiger charge is 2.27. The van der Waals surface area contributed by atoms with Crippen molar-refractivity contribution in [1.82, 2.24) is 0 Å². The van der Waals surface area contributed by atoms with Gasteiger partial charge in [0.2, 0.25) is 0 Å². The molecule has 21 heavy (non-hydrogen) atoms. The Morgan fingerprint density at radius 3 is 2.05 bits per heavy atom. The maximum atomic E-state index is 11.8. The number of hydrogen-bond acceptors (Lipinski definition) is 4. The van der Waals surface area contributed by atoms with Gasteiger partial charge in [0.1, 0.15) is 17.4 Å². The lowest BCUT2D eigenvalue weighted by Gasteiger charge is -2.17. The molecule has 2 N–H and O–H groups in total. The van der Waals surface area contributed by atoms with Gasteiger partial charge in [0, 0.05) is 0 Å². The van der Waals surface area contributed by atoms with Gasteiger partial charge in [-0.3, -0.25) is 0 Å². The van der Waals surface area contributed by atoms with Crippen LogP contribution in [-0.2, 0) is 17.1 Å². The number of phenols is 2. The number of unbranched alkanes of at least 4 members (excludes halogenated alkanes) is 2. The van der Waals surface area contributed by atoms with Crippen LogP contribution in [0.25, 0.3) is 0 Å². The number of phenolic OH excluding ortho intramolecular Hbond substituents is 2. The molecule has 118 valence electrons. The Bertz CT molecular complexity index is 515. The van der Waals surface area contributed by atoms with Gasteiger partial charge in [-0.05, 0) is 36.8 Å². The summed E-state index contributed by atoms with van der Waals surface area (Å²) < 4.78 is 4.21. The van der Waals surface area contributed by atoms with E-state index in [2.05, 4.69) is 4.29 Å². The second kappa shape index (κ2) is 8.35. The van der Waals surface area contributed by atoms with Crippen molar-refractivity contribution >= 4 is 29.4 Å². The van der Waals surface area contributed by atoms with Gasteiger partial charge in [0.15, 0.2) is 11.5 Å². The van der Waals surface area contributed by atoms with Crippen LogP contribution >= 0.6 is 23.5 Å². The van der Waals surface area contributed by atoms with Gasteiger partial charge in [-0.25, -0.2) is 4.79 Å². The van der Waals surface area contributed by atoms with Crippen LogP contribution < -0.4 is 0 Å². The minimum atomic E-state index is -0.884. The molecule has 0 aromatic heterocycles. The quantitative estimate of drug-likeness (QED) is 0.706. The minimum Gasteiger partial charge on any atom is -0.504 e. The van der Waals surface area contributed by atoms with Gasteiger partial charge in [0.05, 0.1) is 5.02 Å². The molecule has 0 aliphatic heterocycles. The fraction of sp³-hybridized carbons (Fsp3) is 0.533. The highest BCUT2D eigenvalue weighted by atomic mass is 35.5. The van der Waals surface area contributed by atoms with Crippen LogP contribution in [0.1, 0.15) is 61.0 Å². The van der Waals surface area contributed by atoms with Gasteiger partial charge >= 0.3 is 5.97 Å². The lowest BCUT2D eigenvalue weighted by atomic mass is 9.92. The molecule has 6 heteroatoms. The average molecular weight is 335 g/mol. The molecule has 4 nitrogen and oxygen atoms in total. The summed E-state index contributed by atoms with van der Waals surface area (Å²) in [6.45, 7) is 4.06. The monoisotopic (exact) mass is 334 g/mol. The summed E-state index contributed by atoms with van der Waals surface area (Å²) in [6, 6.07) is 0. The molecular formula is C15H20Cl2O4. The summed E-state index contributed by atoms with van der Waals surface area (Å²) in [7, 11) is 0. The fourth-order valence-corrected chi connectivity index (χ4v) is 2.67. The molecule has 0 aliphatic carbocycles. The second-order valence-corrected chi connectivity index (χ2v) is 5.45. The van der Waals surface area contributed by atoms with Crippen LogP contribution in [-0.4, -0.2) is 16.2 Å². The van der Waals surface area contributed by atoms with Crippen molar-refractivity contribution < 1.29 is 19.3 Å². The first kappa shape index (κ1) is 17.9. The standard InChI is InChI=1S/C15H20Cl2O4/c1-3-5-7-9-10(8-6-4-2)12(16)14(19)13(18)11(9)15(20)21-17/h18-19H,3-8H2,1-2H3. The molecular weight excluding hydrogens is 315 g/mol. The lowest BCUT2D eigenvalue weighted by Crippen LogP contribution is -2.09. The molecule has 0 saturated carbocycles. The number of halogens is 2. The normalized spacial score (nSPS) is 10.7. The van der Waals surface area contributed by atoms with Gasteiger partial charge in [0.25, 0.3) is 0 Å². The molecule has 0 atom stereocenters. The average Bonchev–Trinajstić information content (AvgIpc) is 2.49. The first-order valence-corrected chi connectivity index (χ1v) is 7.76. The summed E-state index contributed by atoms with van der Waals surface area (Å²) in [5.74, 6) is -1.96. The lowest BCUT2D eigenvalue weighted by molar-refractivity contribution is 0.0746. The van der Waals surface area contributed by atoms with Crippen LogP contribution in [0.2, 0.25) is 5.02 Å². The van der Waals surface area contributed by atoms with E-state index in [1.165, 1.54) is 0 Å². The minimum absolute atomic E-state index is 0.0912. The molecule has 0 amide bonds. The Kier molecular flexibility index (Phi) is 7.12. The number of hydrogen-bond donors (Lipinski definition) is 2. The maximum absolute atomic E-state index is 11.8. The summed E-state index contributed by atoms with van der Waals surface area (Å²) in [5, 5.41) is 20.0. The predicted molar refractivity (Wildman–Crippen MR) is 83.3 cm³/mol. The summed E-state index contributed by atoms with van der Waals surface area (Å²) in [6.07, 6.45) is 4.72. The summed E-state index contributed by atoms with van der Waals surface area (Å²) in [5.41, 5.74) is 1.20. The van der Waals surface area contributed by atoms with E-state index in [0.29, 0.717) is 24.0 Å². The van der Waals surface area contributed by atoms with Gasteiger partial charge in [-0.15, -0.1) is 0 Å². The number of rotatable bonds is 7. The molecule has 0 aliphatic rings. The zero-order valence-electron chi connectivity index (χ0n) is 12.2. The first-order valence-electron chi connectivity index (χ1n) is 7.07. The Morgan fingerprint density at radius 1 is 1.05 bits per heavy atom. The van der Waals surface area contributed by atoms with Crippen LogP contribution in [0.15, 0.2) is 0 Å². The first-order chi connectivity index (χ1) is 9.99. The van der Waals surface area contributed by atoms with Gasteiger partial charge < -0.3 is 14.5 Å². The van der Waals surface area contributed by atoms with E-state index in [0.717, 1.165) is 25.7 Å². The van der Waals surface area contributed by atoms with Crippen molar-refractivity contribution in [3.05, 3.63) is 21.7 Å². The van der Waals surface area contributed by atoms with E-state index in [9.17, 15) is 15.0 Å². The fourth-order valence-electron chi connectivity index (χ4n) is 2.29. The number of carbonyl (C=O) groups excluding carboxylic acids is 1. The topological polar surface area (TPSA) is 66.8 Å². The van der Waals surface area contributed by atoms with Gasteiger partial charge in [-0.2, -0.15) is 0 Å². The number of aromatic hydroxyl groups is 2. The smallest absolute Gasteiger partial charge is 0.360 e. The van der Waals surface area contributed by atoms with Crippen molar-refractivity contribution in [2.45, 2.75) is 52.4 Å². The Balaban J connectivity index is 3.50. The van der Waals surface area contributed by atoms with E-state index in [4.69, 9.17) is 23.5 Å². The largest absolute Gasteiger partial charge is 0.504 e. The molecule has 1 aromatic rings. The highest BCUT2D eigenvalue weighted by molar-refractivity contribution is 6.33. The van der Waals surface area contributed by atoms with Crippen molar-refractivity contribution in [3.63, 3.8) is 0 Å². The number of carbonyl (C=O) groups is 1. The van der Waals surface area contributed by atoms with Crippen LogP contribution in [0.5, 0.6) is 11.5 Å². The summed E-state index contributed by atoms with van der Waals surface area (Å²) in [4.78, 5) is 11.8. The number of benzene rings is 1. The molecule has 0 unspecified atom stereocenters. The van der Waals surface area contributed by atoms with E-state index in [1.807, 2.05) is 13.8 Å². The molecule has 0 heterocycles. The third-order valence-electron chi connectivity index (χ3n) is 3.43. The van der Waals surface area contributed by atoms with E-state index in [1.54, 1.807) is 0 Å². The molecule has 1 aromatic carbocycles. The Labute approximate surface area is 134 Å². The van der Waals surface area contributed by atoms with Crippen molar-refractivity contribution in [3.8, 4) is 11.5 Å². The molecule has 0 bridgehead atoms. The molecule has 0 fully saturated rings. The van der Waals surface area contributed by atoms with Crippen molar-refractivity contribution in [1.29, 1.82) is 0 Å². The van der Waals surface area contributed by atoms with Crippen molar-refractivity contribution in [2.75, 3.05) is 0 Å².